The van der Waals surface area contributed by atoms with Crippen LogP contribution in [0.5, 0.6) is 0 Å². The largest absolute Gasteiger partial charge is 0.388 e. The Hall–Kier alpha value is -3.02. The normalized spacial score (nSPS) is 13.3. The zero-order valence-electron chi connectivity index (χ0n) is 22.4. The molecule has 0 saturated carbocycles. The highest BCUT2D eigenvalue weighted by atomic mass is 32.1. The van der Waals surface area contributed by atoms with E-state index >= 15 is 0 Å². The van der Waals surface area contributed by atoms with Crippen molar-refractivity contribution < 1.29 is 9.59 Å². The van der Waals surface area contributed by atoms with Gasteiger partial charge in [0.1, 0.15) is 5.00 Å². The summed E-state index contributed by atoms with van der Waals surface area (Å²) in [5.41, 5.74) is 7.63. The van der Waals surface area contributed by atoms with E-state index in [9.17, 15) is 9.59 Å². The lowest BCUT2D eigenvalue weighted by Gasteiger charge is -2.22. The number of benzene rings is 1. The van der Waals surface area contributed by atoms with Crippen LogP contribution >= 0.6 is 11.3 Å². The molecular weight excluding hydrogens is 470 g/mol. The molecule has 0 saturated heterocycles. The second-order valence-electron chi connectivity index (χ2n) is 8.35. The lowest BCUT2D eigenvalue weighted by atomic mass is 9.91. The molecule has 0 aliphatic heterocycles. The summed E-state index contributed by atoms with van der Waals surface area (Å²) in [7, 11) is 3.88. The van der Waals surface area contributed by atoms with Crippen molar-refractivity contribution in [1.82, 2.24) is 10.6 Å². The summed E-state index contributed by atoms with van der Waals surface area (Å²) in [6.45, 7) is 6.46. The molecule has 3 rings (SSSR count). The van der Waals surface area contributed by atoms with Crippen LogP contribution in [0.2, 0.25) is 0 Å². The van der Waals surface area contributed by atoms with E-state index in [1.807, 2.05) is 51.4 Å². The fraction of sp³-hybridized carbons (Fsp3) is 0.500. The average molecular weight is 514 g/mol. The van der Waals surface area contributed by atoms with Gasteiger partial charge in [0.25, 0.3) is 5.91 Å². The Morgan fingerprint density at radius 3 is 2.36 bits per heavy atom. The van der Waals surface area contributed by atoms with Gasteiger partial charge in [0, 0.05) is 42.7 Å². The number of nitrogens with two attached hydrogens (primary N) is 1. The van der Waals surface area contributed by atoms with Crippen molar-refractivity contribution in [2.45, 2.75) is 71.8 Å². The van der Waals surface area contributed by atoms with Crippen molar-refractivity contribution in [3.63, 3.8) is 0 Å². The maximum atomic E-state index is 12.7. The number of rotatable bonds is 9. The average Bonchev–Trinajstić information content (AvgIpc) is 3.26. The molecule has 1 aromatic carbocycles. The van der Waals surface area contributed by atoms with Crippen molar-refractivity contribution in [2.24, 2.45) is 5.73 Å². The standard InChI is InChI=1S/C18H29N3O2S.C7H9N.C3H5N/c1-4-6-10-20-17(23)16-13-11-12(19-3)8-9-14(13)24-18(16)21-15(22)7-5-2;1-8-7-5-3-2-4-6-7;1-2-3-4/h12,19H,4-11H2,1-3H3,(H,20,23)(H,21,22);2-6,8H,1H3;4H2,1H3. The SMILES string of the molecule is CC#CN.CCCCNC(=O)c1c(NC(=O)CCC)sc2c1CC(NC)CC2.CNc1ccccc1. The molecule has 1 aromatic heterocycles. The number of hydrogen-bond donors (Lipinski definition) is 5. The molecule has 1 aliphatic rings. The number of amides is 2. The maximum Gasteiger partial charge on any atom is 0.254 e. The van der Waals surface area contributed by atoms with E-state index in [-0.39, 0.29) is 11.8 Å². The van der Waals surface area contributed by atoms with E-state index in [4.69, 9.17) is 0 Å². The number of thiophene rings is 1. The van der Waals surface area contributed by atoms with Crippen molar-refractivity contribution in [2.75, 3.05) is 31.3 Å². The lowest BCUT2D eigenvalue weighted by molar-refractivity contribution is -0.116. The number of unbranched alkanes of at least 4 members (excludes halogenated alkanes) is 1. The van der Waals surface area contributed by atoms with Crippen LogP contribution < -0.4 is 27.0 Å². The van der Waals surface area contributed by atoms with Gasteiger partial charge in [0.15, 0.2) is 0 Å². The molecule has 1 aliphatic carbocycles. The van der Waals surface area contributed by atoms with Crippen LogP contribution in [-0.2, 0) is 17.6 Å². The smallest absolute Gasteiger partial charge is 0.254 e. The molecule has 0 bridgehead atoms. The van der Waals surface area contributed by atoms with E-state index < -0.39 is 0 Å². The number of nitrogens with one attached hydrogen (secondary N) is 4. The minimum Gasteiger partial charge on any atom is -0.388 e. The highest BCUT2D eigenvalue weighted by molar-refractivity contribution is 7.17. The zero-order valence-corrected chi connectivity index (χ0v) is 23.2. The molecular formula is C28H43N5O2S. The third-order valence-electron chi connectivity index (χ3n) is 5.65. The Kier molecular flexibility index (Phi) is 15.7. The Morgan fingerprint density at radius 2 is 1.83 bits per heavy atom. The van der Waals surface area contributed by atoms with E-state index in [0.717, 1.165) is 54.8 Å². The van der Waals surface area contributed by atoms with Crippen LogP contribution in [0.1, 0.15) is 73.7 Å². The van der Waals surface area contributed by atoms with Crippen LogP contribution in [0.3, 0.4) is 0 Å². The summed E-state index contributed by atoms with van der Waals surface area (Å²) in [6, 6.07) is 12.6. The van der Waals surface area contributed by atoms with E-state index in [0.29, 0.717) is 24.6 Å². The molecule has 7 nitrogen and oxygen atoms in total. The first-order valence-corrected chi connectivity index (χ1v) is 13.5. The molecule has 8 heteroatoms. The second kappa shape index (κ2) is 18.3. The Labute approximate surface area is 221 Å². The van der Waals surface area contributed by atoms with Gasteiger partial charge in [-0.25, -0.2) is 0 Å². The third-order valence-corrected chi connectivity index (χ3v) is 6.86. The Bertz CT molecular complexity index is 973. The molecule has 6 N–H and O–H groups in total. The molecule has 1 heterocycles. The summed E-state index contributed by atoms with van der Waals surface area (Å²) in [5.74, 6) is 2.40. The molecule has 36 heavy (non-hydrogen) atoms. The quantitative estimate of drug-likeness (QED) is 0.189. The molecule has 1 unspecified atom stereocenters. The van der Waals surface area contributed by atoms with Gasteiger partial charge in [-0.3, -0.25) is 9.59 Å². The fourth-order valence-corrected chi connectivity index (χ4v) is 4.90. The van der Waals surface area contributed by atoms with E-state index in [1.54, 1.807) is 18.3 Å². The topological polar surface area (TPSA) is 108 Å². The van der Waals surface area contributed by atoms with Crippen LogP contribution in [0.15, 0.2) is 30.3 Å². The second-order valence-corrected chi connectivity index (χ2v) is 9.46. The molecule has 2 aromatic rings. The predicted molar refractivity (Wildman–Crippen MR) is 154 cm³/mol. The van der Waals surface area contributed by atoms with Gasteiger partial charge in [0.2, 0.25) is 5.91 Å². The van der Waals surface area contributed by atoms with Gasteiger partial charge in [-0.05, 0) is 63.8 Å². The maximum absolute atomic E-state index is 12.7. The van der Waals surface area contributed by atoms with E-state index in [2.05, 4.69) is 45.9 Å². The Balaban J connectivity index is 0.000000443. The number of anilines is 2. The zero-order chi connectivity index (χ0) is 26.8. The van der Waals surface area contributed by atoms with Crippen LogP contribution in [-0.4, -0.2) is 38.5 Å². The summed E-state index contributed by atoms with van der Waals surface area (Å²) in [6.07, 6.45) is 6.18. The van der Waals surface area contributed by atoms with Gasteiger partial charge in [-0.2, -0.15) is 0 Å². The van der Waals surface area contributed by atoms with Gasteiger partial charge >= 0.3 is 0 Å². The van der Waals surface area contributed by atoms with Crippen molar-refractivity contribution in [1.29, 1.82) is 0 Å². The summed E-state index contributed by atoms with van der Waals surface area (Å²) < 4.78 is 0. The van der Waals surface area contributed by atoms with Gasteiger partial charge in [0.05, 0.1) is 5.56 Å². The highest BCUT2D eigenvalue weighted by Crippen LogP contribution is 2.38. The third kappa shape index (κ3) is 10.7. The summed E-state index contributed by atoms with van der Waals surface area (Å²) >= 11 is 1.58. The van der Waals surface area contributed by atoms with Gasteiger partial charge in [-0.15, -0.1) is 11.3 Å². The number of fused-ring (bicyclic) bond motifs is 1. The number of aryl methyl sites for hydroxylation is 1. The lowest BCUT2D eigenvalue weighted by Crippen LogP contribution is -2.33. The van der Waals surface area contributed by atoms with Crippen LogP contribution in [0.25, 0.3) is 0 Å². The number of likely N-dealkylation sites (N-methyl/N-ethyl adjacent to an activating group) is 1. The van der Waals surface area contributed by atoms with Crippen LogP contribution in [0.4, 0.5) is 10.7 Å². The van der Waals surface area contributed by atoms with Crippen molar-refractivity contribution in [3.05, 3.63) is 46.3 Å². The molecule has 0 radical (unpaired) electrons. The fourth-order valence-electron chi connectivity index (χ4n) is 3.65. The van der Waals surface area contributed by atoms with Gasteiger partial charge in [-0.1, -0.05) is 44.4 Å². The van der Waals surface area contributed by atoms with Crippen LogP contribution in [0, 0.1) is 12.0 Å². The molecule has 2 amide bonds. The molecule has 0 fully saturated rings. The Morgan fingerprint density at radius 1 is 1.14 bits per heavy atom. The first kappa shape index (κ1) is 31.0. The number of carbonyl (C=O) groups is 2. The van der Waals surface area contributed by atoms with Crippen molar-refractivity contribution >= 4 is 33.8 Å². The number of hydrogen-bond acceptors (Lipinski definition) is 6. The highest BCUT2D eigenvalue weighted by Gasteiger charge is 2.29. The summed E-state index contributed by atoms with van der Waals surface area (Å²) in [5, 5.41) is 13.1. The predicted octanol–water partition coefficient (Wildman–Crippen LogP) is 4.75. The molecule has 0 spiro atoms. The molecule has 1 atom stereocenters. The van der Waals surface area contributed by atoms with E-state index in [1.165, 1.54) is 4.88 Å². The first-order chi connectivity index (χ1) is 17.4. The monoisotopic (exact) mass is 513 g/mol. The summed E-state index contributed by atoms with van der Waals surface area (Å²) in [4.78, 5) is 26.0. The first-order valence-electron chi connectivity index (χ1n) is 12.7. The van der Waals surface area contributed by atoms with Crippen molar-refractivity contribution in [3.8, 4) is 12.0 Å². The minimum absolute atomic E-state index is 0.0103. The molecule has 198 valence electrons. The minimum atomic E-state index is -0.0514. The van der Waals surface area contributed by atoms with Gasteiger partial charge < -0.3 is 27.0 Å². The number of carbonyl (C=O) groups excluding carboxylic acids is 2. The number of para-hydroxylation sites is 1.